The quantitative estimate of drug-likeness (QED) is 0.852. The van der Waals surface area contributed by atoms with E-state index < -0.39 is 0 Å². The van der Waals surface area contributed by atoms with E-state index in [1.807, 2.05) is 25.1 Å². The van der Waals surface area contributed by atoms with Crippen LogP contribution in [0.15, 0.2) is 18.2 Å². The Morgan fingerprint density at radius 2 is 2.11 bits per heavy atom. The van der Waals surface area contributed by atoms with E-state index in [-0.39, 0.29) is 5.54 Å². The van der Waals surface area contributed by atoms with Crippen LogP contribution in [0.25, 0.3) is 11.0 Å². The van der Waals surface area contributed by atoms with Crippen molar-refractivity contribution in [2.75, 3.05) is 20.3 Å². The van der Waals surface area contributed by atoms with Crippen molar-refractivity contribution in [2.24, 2.45) is 0 Å². The van der Waals surface area contributed by atoms with Crippen LogP contribution < -0.4 is 4.74 Å². The number of hydrogen-bond donors (Lipinski definition) is 1. The highest BCUT2D eigenvalue weighted by Crippen LogP contribution is 2.29. The van der Waals surface area contributed by atoms with Crippen molar-refractivity contribution in [2.45, 2.75) is 26.3 Å². The molecule has 1 aromatic heterocycles. The Bertz CT molecular complexity index is 628. The van der Waals surface area contributed by atoms with Gasteiger partial charge in [0.05, 0.1) is 24.3 Å². The molecule has 4 nitrogen and oxygen atoms in total. The predicted octanol–water partition coefficient (Wildman–Crippen LogP) is 3.48. The lowest BCUT2D eigenvalue weighted by Crippen LogP contribution is -2.31. The Hall–Kier alpha value is -1.33. The van der Waals surface area contributed by atoms with Crippen LogP contribution in [0.2, 0.25) is 0 Å². The molecule has 1 aromatic carbocycles. The van der Waals surface area contributed by atoms with E-state index in [2.05, 4.69) is 23.4 Å². The number of fused-ring (bicyclic) bond motifs is 1. The lowest BCUT2D eigenvalue weighted by Gasteiger charge is -2.26. The first kappa shape index (κ1) is 14.1. The summed E-state index contributed by atoms with van der Waals surface area (Å²) in [5, 5.41) is 0. The second-order valence-electron chi connectivity index (χ2n) is 5.09. The highest BCUT2D eigenvalue weighted by Gasteiger charge is 2.24. The van der Waals surface area contributed by atoms with Gasteiger partial charge in [-0.3, -0.25) is 0 Å². The normalized spacial score (nSPS) is 12.0. The summed E-state index contributed by atoms with van der Waals surface area (Å²) in [6.07, 6.45) is 0. The number of imidazole rings is 1. The number of methoxy groups -OCH3 is 1. The second-order valence-corrected chi connectivity index (χ2v) is 5.48. The van der Waals surface area contributed by atoms with Crippen molar-refractivity contribution in [1.82, 2.24) is 9.55 Å². The molecule has 1 N–H and O–H groups in total. The first-order chi connectivity index (χ1) is 9.01. The first-order valence-electron chi connectivity index (χ1n) is 6.37. The van der Waals surface area contributed by atoms with Gasteiger partial charge >= 0.3 is 0 Å². The van der Waals surface area contributed by atoms with E-state index in [4.69, 9.17) is 21.7 Å². The zero-order valence-corrected chi connectivity index (χ0v) is 12.6. The summed E-state index contributed by atoms with van der Waals surface area (Å²) in [7, 11) is 1.70. The predicted molar refractivity (Wildman–Crippen MR) is 79.5 cm³/mol. The fraction of sp³-hybridized carbons (Fsp3) is 0.500. The number of H-pyrrole nitrogens is 1. The van der Waals surface area contributed by atoms with Crippen LogP contribution in [0, 0.1) is 4.77 Å². The van der Waals surface area contributed by atoms with Gasteiger partial charge in [-0.2, -0.15) is 0 Å². The molecule has 0 saturated heterocycles. The number of nitrogens with one attached hydrogen (secondary N) is 1. The molecule has 0 saturated carbocycles. The summed E-state index contributed by atoms with van der Waals surface area (Å²) in [5.74, 6) is 0.832. The van der Waals surface area contributed by atoms with E-state index in [9.17, 15) is 0 Å². The van der Waals surface area contributed by atoms with Crippen LogP contribution in [0.3, 0.4) is 0 Å². The van der Waals surface area contributed by atoms with Crippen molar-refractivity contribution in [3.8, 4) is 5.75 Å². The van der Waals surface area contributed by atoms with Crippen LogP contribution in [0.1, 0.15) is 20.8 Å². The summed E-state index contributed by atoms with van der Waals surface area (Å²) in [5.41, 5.74) is 1.77. The standard InChI is InChI=1S/C14H20N2O2S/c1-5-18-11-8-6-7-10-12(11)15-13(19)16(10)14(2,3)9-17-4/h6-8H,5,9H2,1-4H3,(H,15,19). The molecule has 0 aliphatic carbocycles. The molecule has 1 heterocycles. The molecule has 19 heavy (non-hydrogen) atoms. The maximum Gasteiger partial charge on any atom is 0.178 e. The van der Waals surface area contributed by atoms with Crippen LogP contribution >= 0.6 is 12.2 Å². The van der Waals surface area contributed by atoms with Gasteiger partial charge in [0.15, 0.2) is 4.77 Å². The number of ether oxygens (including phenoxy) is 2. The Kier molecular flexibility index (Phi) is 3.96. The summed E-state index contributed by atoms with van der Waals surface area (Å²) < 4.78 is 13.7. The first-order valence-corrected chi connectivity index (χ1v) is 6.78. The molecule has 104 valence electrons. The van der Waals surface area contributed by atoms with E-state index in [1.54, 1.807) is 7.11 Å². The molecule has 0 radical (unpaired) electrons. The number of para-hydroxylation sites is 1. The van der Waals surface area contributed by atoms with Crippen molar-refractivity contribution in [3.63, 3.8) is 0 Å². The minimum Gasteiger partial charge on any atom is -0.492 e. The van der Waals surface area contributed by atoms with Gasteiger partial charge in [-0.25, -0.2) is 0 Å². The highest BCUT2D eigenvalue weighted by atomic mass is 32.1. The van der Waals surface area contributed by atoms with Gasteiger partial charge in [-0.05, 0) is 45.1 Å². The molecule has 0 unspecified atom stereocenters. The molecule has 0 bridgehead atoms. The summed E-state index contributed by atoms with van der Waals surface area (Å²) >= 11 is 5.46. The fourth-order valence-electron chi connectivity index (χ4n) is 2.40. The number of rotatable bonds is 5. The topological polar surface area (TPSA) is 39.2 Å². The van der Waals surface area contributed by atoms with Crippen molar-refractivity contribution in [1.29, 1.82) is 0 Å². The molecular weight excluding hydrogens is 260 g/mol. The molecule has 0 aliphatic heterocycles. The van der Waals surface area contributed by atoms with Gasteiger partial charge in [0.1, 0.15) is 11.3 Å². The average Bonchev–Trinajstić information content (AvgIpc) is 2.67. The minimum absolute atomic E-state index is 0.213. The maximum atomic E-state index is 5.64. The van der Waals surface area contributed by atoms with E-state index in [1.165, 1.54) is 0 Å². The molecular formula is C14H20N2O2S. The molecule has 0 spiro atoms. The van der Waals surface area contributed by atoms with E-state index >= 15 is 0 Å². The molecule has 0 atom stereocenters. The lowest BCUT2D eigenvalue weighted by molar-refractivity contribution is 0.111. The smallest absolute Gasteiger partial charge is 0.178 e. The summed E-state index contributed by atoms with van der Waals surface area (Å²) in [4.78, 5) is 3.24. The number of hydrogen-bond acceptors (Lipinski definition) is 3. The van der Waals surface area contributed by atoms with Crippen LogP contribution in [-0.4, -0.2) is 29.9 Å². The monoisotopic (exact) mass is 280 g/mol. The number of aromatic amines is 1. The Balaban J connectivity index is 2.66. The number of benzene rings is 1. The highest BCUT2D eigenvalue weighted by molar-refractivity contribution is 7.71. The number of aromatic nitrogens is 2. The SMILES string of the molecule is CCOc1cccc2c1[nH]c(=S)n2C(C)(C)COC. The molecule has 0 fully saturated rings. The van der Waals surface area contributed by atoms with Gasteiger partial charge in [0, 0.05) is 7.11 Å². The van der Waals surface area contributed by atoms with E-state index in [0.29, 0.717) is 18.0 Å². The third kappa shape index (κ3) is 2.53. The second kappa shape index (κ2) is 5.35. The maximum absolute atomic E-state index is 5.64. The zero-order valence-electron chi connectivity index (χ0n) is 11.8. The minimum atomic E-state index is -0.213. The van der Waals surface area contributed by atoms with Gasteiger partial charge < -0.3 is 19.0 Å². The number of nitrogens with zero attached hydrogens (tertiary/aromatic N) is 1. The van der Waals surface area contributed by atoms with Crippen molar-refractivity contribution in [3.05, 3.63) is 23.0 Å². The fourth-order valence-corrected chi connectivity index (χ4v) is 2.85. The van der Waals surface area contributed by atoms with Crippen LogP contribution in [0.5, 0.6) is 5.75 Å². The van der Waals surface area contributed by atoms with Crippen molar-refractivity contribution >= 4 is 23.3 Å². The summed E-state index contributed by atoms with van der Waals surface area (Å²) in [6, 6.07) is 5.97. The lowest BCUT2D eigenvalue weighted by atomic mass is 10.1. The molecule has 5 heteroatoms. The summed E-state index contributed by atoms with van der Waals surface area (Å²) in [6.45, 7) is 7.40. The third-order valence-corrected chi connectivity index (χ3v) is 3.37. The van der Waals surface area contributed by atoms with Gasteiger partial charge in [0.2, 0.25) is 0 Å². The Labute approximate surface area is 118 Å². The third-order valence-electron chi connectivity index (χ3n) is 3.08. The van der Waals surface area contributed by atoms with Crippen molar-refractivity contribution < 1.29 is 9.47 Å². The molecule has 2 aromatic rings. The molecule has 2 rings (SSSR count). The molecule has 0 amide bonds. The molecule has 0 aliphatic rings. The van der Waals surface area contributed by atoms with Gasteiger partial charge in [-0.1, -0.05) is 6.07 Å². The van der Waals surface area contributed by atoms with Gasteiger partial charge in [0.25, 0.3) is 0 Å². The Morgan fingerprint density at radius 1 is 1.37 bits per heavy atom. The Morgan fingerprint density at radius 3 is 2.74 bits per heavy atom. The van der Waals surface area contributed by atoms with Crippen LogP contribution in [-0.2, 0) is 10.3 Å². The average molecular weight is 280 g/mol. The van der Waals surface area contributed by atoms with Gasteiger partial charge in [-0.15, -0.1) is 0 Å². The van der Waals surface area contributed by atoms with E-state index in [0.717, 1.165) is 16.8 Å². The zero-order chi connectivity index (χ0) is 14.0. The largest absolute Gasteiger partial charge is 0.492 e. The van der Waals surface area contributed by atoms with Crippen LogP contribution in [0.4, 0.5) is 0 Å².